The number of nitrogens with one attached hydrogen (secondary N) is 1. The summed E-state index contributed by atoms with van der Waals surface area (Å²) in [6.07, 6.45) is 3.80. The molecule has 7 nitrogen and oxygen atoms in total. The van der Waals surface area contributed by atoms with Gasteiger partial charge in [0.05, 0.1) is 6.61 Å². The summed E-state index contributed by atoms with van der Waals surface area (Å²) in [4.78, 5) is 4.24. The number of azo groups is 1. The van der Waals surface area contributed by atoms with E-state index in [-0.39, 0.29) is 18.5 Å². The van der Waals surface area contributed by atoms with Crippen LogP contribution in [0, 0.1) is 0 Å². The second-order valence-corrected chi connectivity index (χ2v) is 8.06. The lowest BCUT2D eigenvalue weighted by Gasteiger charge is -2.34. The molecule has 4 rings (SSSR count). The van der Waals surface area contributed by atoms with Crippen molar-refractivity contribution in [1.29, 1.82) is 0 Å². The summed E-state index contributed by atoms with van der Waals surface area (Å²) in [6, 6.07) is 6.18. The molecule has 1 unspecified atom stereocenters. The highest BCUT2D eigenvalue weighted by molar-refractivity contribution is 7.17. The number of piperidine rings is 1. The average Bonchev–Trinajstić information content (AvgIpc) is 3.13. The maximum atomic E-state index is 10.6. The third kappa shape index (κ3) is 3.78. The summed E-state index contributed by atoms with van der Waals surface area (Å²) in [5, 5.41) is 34.9. The molecule has 0 radical (unpaired) electrons. The van der Waals surface area contributed by atoms with Crippen LogP contribution in [0.25, 0.3) is 10.1 Å². The maximum absolute atomic E-state index is 10.6. The molecule has 8 heteroatoms. The molecule has 0 spiro atoms. The quantitative estimate of drug-likeness (QED) is 0.735. The minimum absolute atomic E-state index is 0.192. The summed E-state index contributed by atoms with van der Waals surface area (Å²) in [5.41, 5.74) is 0.759. The van der Waals surface area contributed by atoms with Crippen LogP contribution < -0.4 is 5.32 Å². The average molecular weight is 388 g/mol. The fourth-order valence-corrected chi connectivity index (χ4v) is 4.61. The van der Waals surface area contributed by atoms with Gasteiger partial charge in [-0.15, -0.1) is 16.5 Å². The number of likely N-dealkylation sites (tertiary alicyclic amines) is 1. The zero-order chi connectivity index (χ0) is 18.8. The normalized spacial score (nSPS) is 23.6. The molecule has 1 saturated heterocycles. The summed E-state index contributed by atoms with van der Waals surface area (Å²) in [5.74, 6) is 1.02. The Kier molecular flexibility index (Phi) is 5.29. The molecule has 2 aliphatic rings. The first-order valence-corrected chi connectivity index (χ1v) is 10.2. The third-order valence-corrected chi connectivity index (χ3v) is 6.06. The number of phenols is 1. The molecule has 27 heavy (non-hydrogen) atoms. The van der Waals surface area contributed by atoms with Crippen molar-refractivity contribution >= 4 is 21.4 Å². The molecule has 2 aromatic rings. The summed E-state index contributed by atoms with van der Waals surface area (Å²) in [7, 11) is 1.95. The molecule has 0 saturated carbocycles. The molecule has 0 aliphatic carbocycles. The number of aliphatic hydroxyl groups is 1. The molecule has 1 aromatic heterocycles. The Bertz CT molecular complexity index is 863. The highest BCUT2D eigenvalue weighted by Gasteiger charge is 2.25. The summed E-state index contributed by atoms with van der Waals surface area (Å²) >= 11 is 1.61. The van der Waals surface area contributed by atoms with Gasteiger partial charge >= 0.3 is 0 Å². The lowest BCUT2D eigenvalue weighted by Crippen LogP contribution is -2.46. The van der Waals surface area contributed by atoms with E-state index in [1.54, 1.807) is 11.3 Å². The van der Waals surface area contributed by atoms with Crippen LogP contribution in [0.4, 0.5) is 0 Å². The molecule has 1 fully saturated rings. The zero-order valence-corrected chi connectivity index (χ0v) is 16.2. The number of benzene rings is 1. The Morgan fingerprint density at radius 2 is 2.22 bits per heavy atom. The molecule has 3 N–H and O–H groups in total. The van der Waals surface area contributed by atoms with Crippen LogP contribution in [0.3, 0.4) is 0 Å². The number of thiophene rings is 1. The van der Waals surface area contributed by atoms with Crippen LogP contribution in [0.1, 0.15) is 24.6 Å². The van der Waals surface area contributed by atoms with E-state index in [1.165, 1.54) is 0 Å². The molecule has 2 aliphatic heterocycles. The van der Waals surface area contributed by atoms with Gasteiger partial charge in [0.25, 0.3) is 0 Å². The van der Waals surface area contributed by atoms with Gasteiger partial charge in [-0.25, -0.2) is 0 Å². The van der Waals surface area contributed by atoms with Gasteiger partial charge in [-0.3, -0.25) is 4.90 Å². The Labute approximate surface area is 162 Å². The van der Waals surface area contributed by atoms with Gasteiger partial charge < -0.3 is 20.4 Å². The van der Waals surface area contributed by atoms with E-state index in [1.807, 2.05) is 41.7 Å². The first kappa shape index (κ1) is 18.2. The molecule has 3 heterocycles. The minimum atomic E-state index is -0.336. The molecule has 0 bridgehead atoms. The predicted octanol–water partition coefficient (Wildman–Crippen LogP) is 2.85. The topological polar surface area (TPSA) is 83.7 Å². The predicted molar refractivity (Wildman–Crippen MR) is 107 cm³/mol. The number of β-amino-alcohol motifs (C(OH)–C–C–N with tert-alkyl or cyclic N) is 1. The first-order chi connectivity index (χ1) is 13.2. The smallest absolute Gasteiger partial charge is 0.171 e. The van der Waals surface area contributed by atoms with Crippen LogP contribution in [0.2, 0.25) is 0 Å². The standard InChI is InChI=1S/C19H25N5O2S/c1-23-12-17(20-13-3-2-7-24(11-13)8-9-25)21-22-19(23)15-4-5-16-14(18(15)26)6-10-27-16/h4-6,10,12-13,19-20,25-26H,2-3,7-9,11H2,1H3/t13?,19-/m0/s1. The monoisotopic (exact) mass is 387 g/mol. The van der Waals surface area contributed by atoms with E-state index in [2.05, 4.69) is 20.4 Å². The zero-order valence-electron chi connectivity index (χ0n) is 15.4. The van der Waals surface area contributed by atoms with E-state index in [0.717, 1.165) is 47.4 Å². The largest absolute Gasteiger partial charge is 0.507 e. The molecule has 2 atom stereocenters. The number of hydrogen-bond donors (Lipinski definition) is 3. The molecular formula is C19H25N5O2S. The van der Waals surface area contributed by atoms with E-state index in [9.17, 15) is 5.11 Å². The number of aliphatic hydroxyl groups excluding tert-OH is 1. The summed E-state index contributed by atoms with van der Waals surface area (Å²) < 4.78 is 1.06. The maximum Gasteiger partial charge on any atom is 0.171 e. The van der Waals surface area contributed by atoms with Crippen molar-refractivity contribution in [2.75, 3.05) is 33.3 Å². The number of phenolic OH excluding ortho intramolecular Hbond substituents is 1. The van der Waals surface area contributed by atoms with Crippen molar-refractivity contribution in [3.8, 4) is 5.75 Å². The van der Waals surface area contributed by atoms with Crippen molar-refractivity contribution in [1.82, 2.24) is 15.1 Å². The number of fused-ring (bicyclic) bond motifs is 1. The van der Waals surface area contributed by atoms with Gasteiger partial charge in [-0.05, 0) is 43.0 Å². The first-order valence-electron chi connectivity index (χ1n) is 9.29. The van der Waals surface area contributed by atoms with Crippen molar-refractivity contribution < 1.29 is 10.2 Å². The second-order valence-electron chi connectivity index (χ2n) is 7.11. The van der Waals surface area contributed by atoms with E-state index in [4.69, 9.17) is 5.11 Å². The number of aromatic hydroxyl groups is 1. The lowest BCUT2D eigenvalue weighted by atomic mass is 10.1. The van der Waals surface area contributed by atoms with Crippen molar-refractivity contribution in [3.05, 3.63) is 41.2 Å². The highest BCUT2D eigenvalue weighted by Crippen LogP contribution is 2.38. The van der Waals surface area contributed by atoms with Crippen LogP contribution >= 0.6 is 11.3 Å². The Balaban J connectivity index is 1.46. The lowest BCUT2D eigenvalue weighted by molar-refractivity contribution is 0.154. The minimum Gasteiger partial charge on any atom is -0.507 e. The van der Waals surface area contributed by atoms with Gasteiger partial charge in [0.15, 0.2) is 12.0 Å². The number of rotatable bonds is 5. The fraction of sp³-hybridized carbons (Fsp3) is 0.474. The Morgan fingerprint density at radius 3 is 3.04 bits per heavy atom. The molecular weight excluding hydrogens is 362 g/mol. The Morgan fingerprint density at radius 1 is 1.33 bits per heavy atom. The van der Waals surface area contributed by atoms with Gasteiger partial charge in [0, 0.05) is 48.0 Å². The van der Waals surface area contributed by atoms with Crippen LogP contribution in [0.5, 0.6) is 5.75 Å². The fourth-order valence-electron chi connectivity index (χ4n) is 3.82. The summed E-state index contributed by atoms with van der Waals surface area (Å²) in [6.45, 7) is 2.84. The molecule has 1 aromatic carbocycles. The van der Waals surface area contributed by atoms with Gasteiger partial charge in [-0.1, -0.05) is 0 Å². The van der Waals surface area contributed by atoms with Crippen LogP contribution in [-0.4, -0.2) is 59.3 Å². The number of nitrogens with zero attached hydrogens (tertiary/aromatic N) is 4. The van der Waals surface area contributed by atoms with E-state index in [0.29, 0.717) is 12.6 Å². The van der Waals surface area contributed by atoms with Crippen molar-refractivity contribution in [2.45, 2.75) is 25.0 Å². The highest BCUT2D eigenvalue weighted by atomic mass is 32.1. The third-order valence-electron chi connectivity index (χ3n) is 5.18. The Hall–Kier alpha value is -2.16. The molecule has 144 valence electrons. The van der Waals surface area contributed by atoms with Crippen LogP contribution in [-0.2, 0) is 0 Å². The second kappa shape index (κ2) is 7.84. The number of hydrogen-bond acceptors (Lipinski definition) is 8. The van der Waals surface area contributed by atoms with Gasteiger partial charge in [0.1, 0.15) is 5.75 Å². The molecule has 0 amide bonds. The van der Waals surface area contributed by atoms with Crippen molar-refractivity contribution in [3.63, 3.8) is 0 Å². The van der Waals surface area contributed by atoms with Gasteiger partial charge in [-0.2, -0.15) is 5.11 Å². The van der Waals surface area contributed by atoms with E-state index >= 15 is 0 Å². The van der Waals surface area contributed by atoms with Crippen molar-refractivity contribution in [2.24, 2.45) is 10.2 Å². The van der Waals surface area contributed by atoms with Gasteiger partial charge in [0.2, 0.25) is 0 Å². The van der Waals surface area contributed by atoms with E-state index < -0.39 is 0 Å². The SMILES string of the molecule is CN1C=C(NC2CCCN(CCO)C2)N=N[C@@H]1c1ccc2sccc2c1O. The van der Waals surface area contributed by atoms with Crippen LogP contribution in [0.15, 0.2) is 45.8 Å².